The summed E-state index contributed by atoms with van der Waals surface area (Å²) in [7, 11) is 0. The van der Waals surface area contributed by atoms with Crippen LogP contribution in [-0.2, 0) is 6.42 Å². The van der Waals surface area contributed by atoms with Gasteiger partial charge in [-0.1, -0.05) is 30.7 Å². The van der Waals surface area contributed by atoms with Crippen molar-refractivity contribution in [1.82, 2.24) is 19.6 Å². The monoisotopic (exact) mass is 317 g/mol. The lowest BCUT2D eigenvalue weighted by Crippen LogP contribution is -2.15. The Labute approximate surface area is 132 Å². The van der Waals surface area contributed by atoms with Crippen molar-refractivity contribution in [3.63, 3.8) is 0 Å². The van der Waals surface area contributed by atoms with Crippen LogP contribution < -0.4 is 10.9 Å². The third-order valence-corrected chi connectivity index (χ3v) is 3.68. The molecular weight excluding hydrogens is 302 g/mol. The molecule has 3 rings (SSSR count). The number of nitrogens with zero attached hydrogens (tertiary/aromatic N) is 3. The predicted octanol–water partition coefficient (Wildman–Crippen LogP) is 2.81. The van der Waals surface area contributed by atoms with Gasteiger partial charge in [0.25, 0.3) is 11.3 Å². The average Bonchev–Trinajstić information content (AvgIpc) is 2.90. The predicted molar refractivity (Wildman–Crippen MR) is 86.5 cm³/mol. The maximum absolute atomic E-state index is 12.0. The van der Waals surface area contributed by atoms with Crippen molar-refractivity contribution in [2.45, 2.75) is 26.3 Å². The fourth-order valence-corrected chi connectivity index (χ4v) is 2.44. The van der Waals surface area contributed by atoms with Crippen molar-refractivity contribution in [1.29, 1.82) is 0 Å². The molecule has 0 saturated heterocycles. The zero-order valence-corrected chi connectivity index (χ0v) is 13.1. The Morgan fingerprint density at radius 1 is 1.36 bits per heavy atom. The van der Waals surface area contributed by atoms with Crippen molar-refractivity contribution in [3.05, 3.63) is 57.0 Å². The van der Waals surface area contributed by atoms with Gasteiger partial charge in [0, 0.05) is 16.8 Å². The van der Waals surface area contributed by atoms with E-state index in [-0.39, 0.29) is 11.6 Å². The minimum absolute atomic E-state index is 0.0133. The van der Waals surface area contributed by atoms with E-state index in [0.29, 0.717) is 23.2 Å². The van der Waals surface area contributed by atoms with Crippen LogP contribution in [0.5, 0.6) is 0 Å². The van der Waals surface area contributed by atoms with Crippen LogP contribution in [0, 0.1) is 0 Å². The summed E-state index contributed by atoms with van der Waals surface area (Å²) in [4.78, 5) is 20.6. The Balaban J connectivity index is 1.91. The summed E-state index contributed by atoms with van der Waals surface area (Å²) in [6.45, 7) is 3.94. The number of rotatable bonds is 4. The summed E-state index contributed by atoms with van der Waals surface area (Å²) in [6, 6.07) is 9.09. The molecule has 3 aromatic rings. The molecule has 0 unspecified atom stereocenters. The quantitative estimate of drug-likeness (QED) is 0.776. The van der Waals surface area contributed by atoms with Gasteiger partial charge >= 0.3 is 0 Å². The zero-order chi connectivity index (χ0) is 15.7. The van der Waals surface area contributed by atoms with Gasteiger partial charge in [-0.05, 0) is 31.0 Å². The summed E-state index contributed by atoms with van der Waals surface area (Å²) in [5.74, 6) is 0.857. The molecule has 2 heterocycles. The molecule has 2 aromatic heterocycles. The molecule has 0 amide bonds. The molecule has 7 heteroatoms. The van der Waals surface area contributed by atoms with Crippen LogP contribution in [0.3, 0.4) is 0 Å². The molecule has 114 valence electrons. The second kappa shape index (κ2) is 5.81. The summed E-state index contributed by atoms with van der Waals surface area (Å²) in [5.41, 5.74) is 1.59. The van der Waals surface area contributed by atoms with Crippen LogP contribution in [0.1, 0.15) is 31.1 Å². The smallest absolute Gasteiger partial charge is 0.274 e. The van der Waals surface area contributed by atoms with Gasteiger partial charge in [0.1, 0.15) is 0 Å². The molecule has 6 nitrogen and oxygen atoms in total. The van der Waals surface area contributed by atoms with E-state index in [4.69, 9.17) is 11.6 Å². The fourth-order valence-electron chi connectivity index (χ4n) is 2.24. The number of halogens is 1. The number of fused-ring (bicyclic) bond motifs is 1. The molecule has 1 aromatic carbocycles. The first kappa shape index (κ1) is 14.6. The van der Waals surface area contributed by atoms with Crippen LogP contribution in [0.2, 0.25) is 5.02 Å². The largest absolute Gasteiger partial charge is 0.348 e. The van der Waals surface area contributed by atoms with Crippen molar-refractivity contribution in [2.24, 2.45) is 0 Å². The molecule has 1 atom stereocenters. The summed E-state index contributed by atoms with van der Waals surface area (Å²) >= 11 is 6.00. The Kier molecular flexibility index (Phi) is 3.85. The Morgan fingerprint density at radius 2 is 2.18 bits per heavy atom. The zero-order valence-electron chi connectivity index (χ0n) is 12.3. The highest BCUT2D eigenvalue weighted by Gasteiger charge is 2.11. The molecule has 0 aliphatic rings. The van der Waals surface area contributed by atoms with E-state index in [9.17, 15) is 4.79 Å². The maximum Gasteiger partial charge on any atom is 0.274 e. The fraction of sp³-hybridized carbons (Fsp3) is 0.267. The van der Waals surface area contributed by atoms with E-state index in [1.807, 2.05) is 38.1 Å². The maximum atomic E-state index is 12.0. The lowest BCUT2D eigenvalue weighted by Gasteiger charge is -2.13. The van der Waals surface area contributed by atoms with Crippen LogP contribution in [0.4, 0.5) is 5.95 Å². The molecule has 0 aliphatic carbocycles. The number of anilines is 1. The number of hydrogen-bond donors (Lipinski definition) is 2. The van der Waals surface area contributed by atoms with E-state index >= 15 is 0 Å². The highest BCUT2D eigenvalue weighted by Crippen LogP contribution is 2.20. The first-order valence-corrected chi connectivity index (χ1v) is 7.45. The molecular formula is C15H16ClN5O. The first-order chi connectivity index (χ1) is 10.6. The van der Waals surface area contributed by atoms with E-state index < -0.39 is 0 Å². The number of H-pyrrole nitrogens is 1. The standard InChI is InChI=1S/C15H16ClN5O/c1-3-12-8-13(22)21-15(18-12)19-14(20-21)17-9(2)10-5-4-6-11(16)7-10/h4-9H,3H2,1-2H3,(H2,17,18,19,20)/t9-/m1/s1. The Morgan fingerprint density at radius 3 is 2.91 bits per heavy atom. The van der Waals surface area contributed by atoms with E-state index in [1.54, 1.807) is 0 Å². The SMILES string of the molecule is CCc1cc(=O)n2[nH]c(N[C@H](C)c3cccc(Cl)c3)nc2n1. The summed E-state index contributed by atoms with van der Waals surface area (Å²) in [5, 5.41) is 6.81. The van der Waals surface area contributed by atoms with Crippen LogP contribution in [-0.4, -0.2) is 19.6 Å². The van der Waals surface area contributed by atoms with Crippen molar-refractivity contribution >= 4 is 23.3 Å². The van der Waals surface area contributed by atoms with Crippen molar-refractivity contribution in [3.8, 4) is 0 Å². The summed E-state index contributed by atoms with van der Waals surface area (Å²) in [6.07, 6.45) is 0.695. The van der Waals surface area contributed by atoms with E-state index in [0.717, 1.165) is 11.3 Å². The number of aromatic nitrogens is 4. The van der Waals surface area contributed by atoms with Gasteiger partial charge in [-0.25, -0.2) is 4.98 Å². The lowest BCUT2D eigenvalue weighted by atomic mass is 10.1. The number of hydrogen-bond acceptors (Lipinski definition) is 4. The van der Waals surface area contributed by atoms with Gasteiger partial charge in [0.2, 0.25) is 5.95 Å². The summed E-state index contributed by atoms with van der Waals surface area (Å²) < 4.78 is 1.33. The highest BCUT2D eigenvalue weighted by molar-refractivity contribution is 6.30. The number of aromatic amines is 1. The normalized spacial score (nSPS) is 12.5. The topological polar surface area (TPSA) is 75.1 Å². The second-order valence-corrected chi connectivity index (χ2v) is 5.50. The molecule has 0 fully saturated rings. The third kappa shape index (κ3) is 2.82. The van der Waals surface area contributed by atoms with Gasteiger partial charge in [0.15, 0.2) is 0 Å². The first-order valence-electron chi connectivity index (χ1n) is 7.07. The van der Waals surface area contributed by atoms with E-state index in [2.05, 4.69) is 20.4 Å². The molecule has 22 heavy (non-hydrogen) atoms. The molecule has 0 bridgehead atoms. The van der Waals surface area contributed by atoms with Crippen LogP contribution >= 0.6 is 11.6 Å². The number of nitrogens with one attached hydrogen (secondary N) is 2. The lowest BCUT2D eigenvalue weighted by molar-refractivity contribution is 0.839. The second-order valence-electron chi connectivity index (χ2n) is 5.07. The average molecular weight is 318 g/mol. The van der Waals surface area contributed by atoms with Crippen LogP contribution in [0.25, 0.3) is 5.78 Å². The Hall–Kier alpha value is -2.34. The van der Waals surface area contributed by atoms with Gasteiger partial charge < -0.3 is 5.32 Å². The van der Waals surface area contributed by atoms with Gasteiger partial charge in [0.05, 0.1) is 6.04 Å². The van der Waals surface area contributed by atoms with Crippen LogP contribution in [0.15, 0.2) is 35.1 Å². The molecule has 0 radical (unpaired) electrons. The van der Waals surface area contributed by atoms with E-state index in [1.165, 1.54) is 10.6 Å². The minimum atomic E-state index is -0.169. The van der Waals surface area contributed by atoms with Crippen molar-refractivity contribution < 1.29 is 0 Å². The minimum Gasteiger partial charge on any atom is -0.348 e. The number of aryl methyl sites for hydroxylation is 1. The third-order valence-electron chi connectivity index (χ3n) is 3.45. The highest BCUT2D eigenvalue weighted by atomic mass is 35.5. The molecule has 0 aliphatic heterocycles. The molecule has 2 N–H and O–H groups in total. The Bertz CT molecular complexity index is 870. The molecule has 0 spiro atoms. The number of benzene rings is 1. The van der Waals surface area contributed by atoms with Gasteiger partial charge in [-0.2, -0.15) is 9.50 Å². The molecule has 0 saturated carbocycles. The van der Waals surface area contributed by atoms with Gasteiger partial charge in [-0.3, -0.25) is 9.89 Å². The van der Waals surface area contributed by atoms with Gasteiger partial charge in [-0.15, -0.1) is 0 Å². The van der Waals surface area contributed by atoms with Crippen molar-refractivity contribution in [2.75, 3.05) is 5.32 Å².